The topological polar surface area (TPSA) is 102 Å². The van der Waals surface area contributed by atoms with Crippen LogP contribution in [0.15, 0.2) is 0 Å². The molecule has 0 saturated heterocycles. The summed E-state index contributed by atoms with van der Waals surface area (Å²) in [5.41, 5.74) is 4.42. The van der Waals surface area contributed by atoms with Crippen LogP contribution in [0.1, 0.15) is 33.6 Å². The van der Waals surface area contributed by atoms with Gasteiger partial charge < -0.3 is 20.7 Å². The maximum Gasteiger partial charge on any atom is 0.410 e. The minimum absolute atomic E-state index is 0.0347. The van der Waals surface area contributed by atoms with Gasteiger partial charge in [0.2, 0.25) is 11.8 Å². The first-order chi connectivity index (χ1) is 8.65. The number of rotatable bonds is 6. The molecule has 0 aliphatic carbocycles. The molecule has 0 spiro atoms. The quantitative estimate of drug-likeness (QED) is 0.723. The van der Waals surface area contributed by atoms with Gasteiger partial charge in [0.15, 0.2) is 0 Å². The van der Waals surface area contributed by atoms with Crippen LogP contribution in [0, 0.1) is 0 Å². The fourth-order valence-electron chi connectivity index (χ4n) is 1.23. The molecule has 7 heteroatoms. The molecule has 0 aromatic carbocycles. The van der Waals surface area contributed by atoms with Gasteiger partial charge in [-0.1, -0.05) is 0 Å². The fourth-order valence-corrected chi connectivity index (χ4v) is 1.23. The predicted molar refractivity (Wildman–Crippen MR) is 70.3 cm³/mol. The zero-order valence-electron chi connectivity index (χ0n) is 12.0. The Hall–Kier alpha value is -1.79. The van der Waals surface area contributed by atoms with Crippen molar-refractivity contribution in [3.05, 3.63) is 0 Å². The lowest BCUT2D eigenvalue weighted by Crippen LogP contribution is -2.40. The summed E-state index contributed by atoms with van der Waals surface area (Å²) < 4.78 is 5.20. The Balaban J connectivity index is 4.51. The summed E-state index contributed by atoms with van der Waals surface area (Å²) >= 11 is 0. The van der Waals surface area contributed by atoms with Crippen LogP contribution in [-0.2, 0) is 14.3 Å². The van der Waals surface area contributed by atoms with Gasteiger partial charge in [0.1, 0.15) is 5.60 Å². The van der Waals surface area contributed by atoms with Gasteiger partial charge in [-0.2, -0.15) is 0 Å². The van der Waals surface area contributed by atoms with E-state index in [1.54, 1.807) is 20.8 Å². The van der Waals surface area contributed by atoms with Gasteiger partial charge in [0, 0.05) is 33.0 Å². The van der Waals surface area contributed by atoms with Gasteiger partial charge >= 0.3 is 6.09 Å². The summed E-state index contributed by atoms with van der Waals surface area (Å²) in [6.07, 6.45) is -0.376. The Morgan fingerprint density at radius 1 is 1.16 bits per heavy atom. The molecule has 0 aromatic rings. The van der Waals surface area contributed by atoms with Crippen molar-refractivity contribution in [1.82, 2.24) is 10.2 Å². The van der Waals surface area contributed by atoms with Crippen LogP contribution in [0.4, 0.5) is 4.79 Å². The van der Waals surface area contributed by atoms with E-state index in [0.29, 0.717) is 0 Å². The van der Waals surface area contributed by atoms with Crippen molar-refractivity contribution in [2.45, 2.75) is 39.2 Å². The first kappa shape index (κ1) is 17.2. The van der Waals surface area contributed by atoms with Crippen LogP contribution in [-0.4, -0.2) is 48.5 Å². The molecule has 0 radical (unpaired) electrons. The highest BCUT2D eigenvalue weighted by Crippen LogP contribution is 2.10. The third-order valence-corrected chi connectivity index (χ3v) is 2.17. The minimum Gasteiger partial charge on any atom is -0.444 e. The van der Waals surface area contributed by atoms with Crippen LogP contribution in [0.5, 0.6) is 0 Å². The van der Waals surface area contributed by atoms with Gasteiger partial charge in [0.25, 0.3) is 0 Å². The van der Waals surface area contributed by atoms with Crippen LogP contribution < -0.4 is 11.1 Å². The number of carbonyl (C=O) groups is 3. The minimum atomic E-state index is -0.630. The molecule has 110 valence electrons. The third-order valence-electron chi connectivity index (χ3n) is 2.17. The molecule has 7 nitrogen and oxygen atoms in total. The van der Waals surface area contributed by atoms with Crippen molar-refractivity contribution in [2.24, 2.45) is 5.73 Å². The van der Waals surface area contributed by atoms with E-state index in [1.165, 1.54) is 11.9 Å². The molecule has 0 saturated carbocycles. The van der Waals surface area contributed by atoms with Gasteiger partial charge in [-0.05, 0) is 20.8 Å². The Labute approximate surface area is 113 Å². The average Bonchev–Trinajstić information content (AvgIpc) is 2.25. The van der Waals surface area contributed by atoms with Gasteiger partial charge in [0.05, 0.1) is 0 Å². The van der Waals surface area contributed by atoms with Crippen molar-refractivity contribution in [2.75, 3.05) is 20.1 Å². The molecule has 0 heterocycles. The molecule has 0 aromatic heterocycles. The van der Waals surface area contributed by atoms with Gasteiger partial charge in [-0.3, -0.25) is 9.59 Å². The lowest BCUT2D eigenvalue weighted by molar-refractivity contribution is -0.120. The van der Waals surface area contributed by atoms with E-state index in [4.69, 9.17) is 10.5 Å². The van der Waals surface area contributed by atoms with Crippen LogP contribution >= 0.6 is 0 Å². The smallest absolute Gasteiger partial charge is 0.410 e. The van der Waals surface area contributed by atoms with E-state index in [0.717, 1.165) is 0 Å². The van der Waals surface area contributed by atoms with Crippen molar-refractivity contribution in [3.8, 4) is 0 Å². The number of amides is 3. The van der Waals surface area contributed by atoms with E-state index in [2.05, 4.69) is 5.32 Å². The Morgan fingerprint density at radius 2 is 1.68 bits per heavy atom. The lowest BCUT2D eigenvalue weighted by Gasteiger charge is -2.27. The maximum absolute atomic E-state index is 11.9. The third kappa shape index (κ3) is 8.87. The normalized spacial score (nSPS) is 10.7. The number of hydrogen-bond donors (Lipinski definition) is 2. The molecular weight excluding hydrogens is 250 g/mol. The molecule has 0 aliphatic rings. The van der Waals surface area contributed by atoms with Crippen molar-refractivity contribution < 1.29 is 19.1 Å². The highest BCUT2D eigenvalue weighted by molar-refractivity contribution is 5.77. The number of hydrogen-bond acceptors (Lipinski definition) is 4. The molecule has 3 N–H and O–H groups in total. The SMILES string of the molecule is CNC(=O)CCN(CCC(N)=O)C(=O)OC(C)(C)C. The van der Waals surface area contributed by atoms with Crippen LogP contribution in [0.3, 0.4) is 0 Å². The zero-order valence-corrected chi connectivity index (χ0v) is 12.0. The molecule has 0 atom stereocenters. The number of primary amides is 1. The summed E-state index contributed by atoms with van der Waals surface area (Å²) in [4.78, 5) is 35.2. The predicted octanol–water partition coefficient (Wildman–Crippen LogP) is 0.235. The van der Waals surface area contributed by atoms with Gasteiger partial charge in [-0.25, -0.2) is 4.79 Å². The van der Waals surface area contributed by atoms with E-state index in [-0.39, 0.29) is 31.8 Å². The van der Waals surface area contributed by atoms with E-state index < -0.39 is 17.6 Å². The Bertz CT molecular complexity index is 336. The monoisotopic (exact) mass is 273 g/mol. The van der Waals surface area contributed by atoms with Crippen molar-refractivity contribution >= 4 is 17.9 Å². The molecule has 3 amide bonds. The van der Waals surface area contributed by atoms with Gasteiger partial charge in [-0.15, -0.1) is 0 Å². The molecule has 0 unspecified atom stereocenters. The van der Waals surface area contributed by atoms with E-state index in [9.17, 15) is 14.4 Å². The number of nitrogens with one attached hydrogen (secondary N) is 1. The second kappa shape index (κ2) is 7.60. The molecule has 0 fully saturated rings. The fraction of sp³-hybridized carbons (Fsp3) is 0.750. The second-order valence-electron chi connectivity index (χ2n) is 5.11. The number of nitrogens with zero attached hydrogens (tertiary/aromatic N) is 1. The molecule has 0 bridgehead atoms. The highest BCUT2D eigenvalue weighted by atomic mass is 16.6. The maximum atomic E-state index is 11.9. The van der Waals surface area contributed by atoms with E-state index >= 15 is 0 Å². The summed E-state index contributed by atoms with van der Waals surface area (Å²) in [6, 6.07) is 0. The first-order valence-electron chi connectivity index (χ1n) is 6.12. The number of ether oxygens (including phenoxy) is 1. The van der Waals surface area contributed by atoms with Crippen molar-refractivity contribution in [3.63, 3.8) is 0 Å². The largest absolute Gasteiger partial charge is 0.444 e. The first-order valence-corrected chi connectivity index (χ1v) is 6.12. The van der Waals surface area contributed by atoms with Crippen molar-refractivity contribution in [1.29, 1.82) is 0 Å². The molecule has 19 heavy (non-hydrogen) atoms. The zero-order chi connectivity index (χ0) is 15.1. The molecule has 0 aliphatic heterocycles. The van der Waals surface area contributed by atoms with Crippen LogP contribution in [0.25, 0.3) is 0 Å². The standard InChI is InChI=1S/C12H23N3O4/c1-12(2,3)19-11(18)15(7-5-9(13)16)8-6-10(17)14-4/h5-8H2,1-4H3,(H2,13,16)(H,14,17). The molecule has 0 rings (SSSR count). The molecular formula is C12H23N3O4. The average molecular weight is 273 g/mol. The Kier molecular flexibility index (Phi) is 6.89. The lowest BCUT2D eigenvalue weighted by atomic mass is 10.2. The summed E-state index contributed by atoms with van der Waals surface area (Å²) in [5.74, 6) is -0.693. The van der Waals surface area contributed by atoms with Crippen LogP contribution in [0.2, 0.25) is 0 Å². The number of carbonyl (C=O) groups excluding carboxylic acids is 3. The summed E-state index contributed by atoms with van der Waals surface area (Å²) in [7, 11) is 1.52. The summed E-state index contributed by atoms with van der Waals surface area (Å²) in [5, 5.41) is 2.46. The highest BCUT2D eigenvalue weighted by Gasteiger charge is 2.22. The van der Waals surface area contributed by atoms with E-state index in [1.807, 2.05) is 0 Å². The second-order valence-corrected chi connectivity index (χ2v) is 5.11. The summed E-state index contributed by atoms with van der Waals surface area (Å²) in [6.45, 7) is 5.56. The number of nitrogens with two attached hydrogens (primary N) is 1. The Morgan fingerprint density at radius 3 is 2.11 bits per heavy atom.